The van der Waals surface area contributed by atoms with E-state index in [1.807, 2.05) is 11.5 Å². The SMILES string of the molecule is Cc1cc(C(=O)O)cc2c1ncn2C[C@@H]1CCO1. The monoisotopic (exact) mass is 246 g/mol. The van der Waals surface area contributed by atoms with Crippen molar-refractivity contribution in [3.05, 3.63) is 29.6 Å². The largest absolute Gasteiger partial charge is 0.478 e. The van der Waals surface area contributed by atoms with E-state index < -0.39 is 5.97 Å². The highest BCUT2D eigenvalue weighted by atomic mass is 16.5. The molecule has 18 heavy (non-hydrogen) atoms. The molecule has 2 aromatic rings. The number of benzene rings is 1. The molecule has 2 heterocycles. The minimum Gasteiger partial charge on any atom is -0.478 e. The number of aromatic nitrogens is 2. The number of imidazole rings is 1. The van der Waals surface area contributed by atoms with E-state index in [1.54, 1.807) is 18.5 Å². The van der Waals surface area contributed by atoms with Gasteiger partial charge in [0.15, 0.2) is 0 Å². The van der Waals surface area contributed by atoms with Crippen LogP contribution in [0.2, 0.25) is 0 Å². The van der Waals surface area contributed by atoms with Crippen molar-refractivity contribution in [1.82, 2.24) is 9.55 Å². The minimum absolute atomic E-state index is 0.233. The average Bonchev–Trinajstić information content (AvgIpc) is 2.67. The Balaban J connectivity index is 2.06. The summed E-state index contributed by atoms with van der Waals surface area (Å²) in [7, 11) is 0. The zero-order chi connectivity index (χ0) is 12.7. The van der Waals surface area contributed by atoms with Crippen LogP contribution in [0.3, 0.4) is 0 Å². The average molecular weight is 246 g/mol. The summed E-state index contributed by atoms with van der Waals surface area (Å²) in [6.45, 7) is 3.43. The fourth-order valence-corrected chi connectivity index (χ4v) is 2.25. The van der Waals surface area contributed by atoms with Crippen molar-refractivity contribution in [2.45, 2.75) is 26.0 Å². The predicted octanol–water partition coefficient (Wildman–Crippen LogP) is 1.83. The molecule has 1 fully saturated rings. The first-order valence-electron chi connectivity index (χ1n) is 5.95. The second kappa shape index (κ2) is 4.10. The lowest BCUT2D eigenvalue weighted by Crippen LogP contribution is -2.30. The number of ether oxygens (including phenoxy) is 1. The summed E-state index contributed by atoms with van der Waals surface area (Å²) in [5.74, 6) is -0.910. The predicted molar refractivity (Wildman–Crippen MR) is 65.8 cm³/mol. The van der Waals surface area contributed by atoms with Crippen LogP contribution in [0.4, 0.5) is 0 Å². The molecule has 1 aromatic carbocycles. The third-order valence-corrected chi connectivity index (χ3v) is 3.36. The number of hydrogen-bond donors (Lipinski definition) is 1. The first kappa shape index (κ1) is 11.2. The van der Waals surface area contributed by atoms with E-state index in [-0.39, 0.29) is 6.10 Å². The highest BCUT2D eigenvalue weighted by Gasteiger charge is 2.20. The molecule has 0 amide bonds. The van der Waals surface area contributed by atoms with E-state index in [9.17, 15) is 4.79 Å². The Hall–Kier alpha value is -1.88. The van der Waals surface area contributed by atoms with Crippen molar-refractivity contribution >= 4 is 17.0 Å². The van der Waals surface area contributed by atoms with Gasteiger partial charge < -0.3 is 14.4 Å². The van der Waals surface area contributed by atoms with Crippen LogP contribution < -0.4 is 0 Å². The summed E-state index contributed by atoms with van der Waals surface area (Å²) in [4.78, 5) is 15.4. The van der Waals surface area contributed by atoms with Gasteiger partial charge in [-0.2, -0.15) is 0 Å². The Morgan fingerprint density at radius 3 is 3.00 bits per heavy atom. The van der Waals surface area contributed by atoms with E-state index in [1.165, 1.54) is 0 Å². The summed E-state index contributed by atoms with van der Waals surface area (Å²) in [6, 6.07) is 3.33. The number of hydrogen-bond acceptors (Lipinski definition) is 3. The Kier molecular flexibility index (Phi) is 2.56. The molecule has 0 spiro atoms. The fourth-order valence-electron chi connectivity index (χ4n) is 2.25. The van der Waals surface area contributed by atoms with E-state index in [0.29, 0.717) is 5.56 Å². The van der Waals surface area contributed by atoms with Gasteiger partial charge in [-0.1, -0.05) is 0 Å². The lowest BCUT2D eigenvalue weighted by atomic mass is 10.1. The maximum Gasteiger partial charge on any atom is 0.335 e. The van der Waals surface area contributed by atoms with Gasteiger partial charge in [-0.05, 0) is 31.0 Å². The molecule has 3 rings (SSSR count). The molecule has 5 heteroatoms. The van der Waals surface area contributed by atoms with Crippen molar-refractivity contribution in [1.29, 1.82) is 0 Å². The second-order valence-electron chi connectivity index (χ2n) is 4.64. The second-order valence-corrected chi connectivity index (χ2v) is 4.64. The van der Waals surface area contributed by atoms with E-state index in [2.05, 4.69) is 4.98 Å². The molecular weight excluding hydrogens is 232 g/mol. The quantitative estimate of drug-likeness (QED) is 0.897. The van der Waals surface area contributed by atoms with Gasteiger partial charge in [0.1, 0.15) is 0 Å². The van der Waals surface area contributed by atoms with E-state index in [0.717, 1.165) is 36.2 Å². The Labute approximate surface area is 104 Å². The van der Waals surface area contributed by atoms with Crippen LogP contribution in [-0.2, 0) is 11.3 Å². The lowest BCUT2D eigenvalue weighted by molar-refractivity contribution is -0.0586. The van der Waals surface area contributed by atoms with Gasteiger partial charge in [-0.25, -0.2) is 9.78 Å². The van der Waals surface area contributed by atoms with Crippen molar-refractivity contribution in [2.24, 2.45) is 0 Å². The van der Waals surface area contributed by atoms with Crippen LogP contribution in [-0.4, -0.2) is 33.3 Å². The van der Waals surface area contributed by atoms with Gasteiger partial charge >= 0.3 is 5.97 Å². The number of fused-ring (bicyclic) bond motifs is 1. The zero-order valence-corrected chi connectivity index (χ0v) is 10.1. The Bertz CT molecular complexity index is 614. The topological polar surface area (TPSA) is 64.3 Å². The molecule has 1 N–H and O–H groups in total. The number of carboxylic acid groups (broad SMARTS) is 1. The third-order valence-electron chi connectivity index (χ3n) is 3.36. The van der Waals surface area contributed by atoms with Crippen LogP contribution in [0.5, 0.6) is 0 Å². The van der Waals surface area contributed by atoms with Crippen LogP contribution in [0.1, 0.15) is 22.3 Å². The maximum atomic E-state index is 11.1. The molecule has 0 unspecified atom stereocenters. The molecular formula is C13H14N2O3. The molecule has 94 valence electrons. The molecule has 0 bridgehead atoms. The van der Waals surface area contributed by atoms with Crippen LogP contribution in [0.25, 0.3) is 11.0 Å². The summed E-state index contributed by atoms with van der Waals surface area (Å²) in [5.41, 5.74) is 2.91. The molecule has 0 radical (unpaired) electrons. The molecule has 5 nitrogen and oxygen atoms in total. The first-order chi connectivity index (χ1) is 8.65. The summed E-state index contributed by atoms with van der Waals surface area (Å²) in [5, 5.41) is 9.08. The van der Waals surface area contributed by atoms with Crippen LogP contribution >= 0.6 is 0 Å². The number of rotatable bonds is 3. The number of carboxylic acids is 1. The highest BCUT2D eigenvalue weighted by molar-refractivity contribution is 5.93. The molecule has 0 aliphatic carbocycles. The molecule has 1 aromatic heterocycles. The standard InChI is InChI=1S/C13H14N2O3/c1-8-4-9(13(16)17)5-11-12(8)14-7-15(11)6-10-2-3-18-10/h4-5,7,10H,2-3,6H2,1H3,(H,16,17)/t10-/m0/s1. The van der Waals surface area contributed by atoms with Gasteiger partial charge in [0.05, 0.1) is 35.6 Å². The van der Waals surface area contributed by atoms with Gasteiger partial charge in [0, 0.05) is 6.61 Å². The number of nitrogens with zero attached hydrogens (tertiary/aromatic N) is 2. The van der Waals surface area contributed by atoms with E-state index >= 15 is 0 Å². The zero-order valence-electron chi connectivity index (χ0n) is 10.1. The van der Waals surface area contributed by atoms with Gasteiger partial charge in [-0.15, -0.1) is 0 Å². The normalized spacial score (nSPS) is 18.8. The minimum atomic E-state index is -0.910. The van der Waals surface area contributed by atoms with Gasteiger partial charge in [-0.3, -0.25) is 0 Å². The molecule has 1 aliphatic rings. The van der Waals surface area contributed by atoms with Crippen molar-refractivity contribution in [3.63, 3.8) is 0 Å². The molecule has 1 aliphatic heterocycles. The van der Waals surface area contributed by atoms with E-state index in [4.69, 9.17) is 9.84 Å². The molecule has 0 saturated carbocycles. The molecule has 1 atom stereocenters. The number of aromatic carboxylic acids is 1. The third kappa shape index (κ3) is 1.76. The Morgan fingerprint density at radius 1 is 1.61 bits per heavy atom. The number of aryl methyl sites for hydroxylation is 1. The van der Waals surface area contributed by atoms with Crippen molar-refractivity contribution in [3.8, 4) is 0 Å². The number of carbonyl (C=O) groups is 1. The summed E-state index contributed by atoms with van der Waals surface area (Å²) >= 11 is 0. The fraction of sp³-hybridized carbons (Fsp3) is 0.385. The highest BCUT2D eigenvalue weighted by Crippen LogP contribution is 2.22. The van der Waals surface area contributed by atoms with Crippen LogP contribution in [0.15, 0.2) is 18.5 Å². The Morgan fingerprint density at radius 2 is 2.39 bits per heavy atom. The summed E-state index contributed by atoms with van der Waals surface area (Å²) < 4.78 is 7.37. The van der Waals surface area contributed by atoms with Crippen molar-refractivity contribution < 1.29 is 14.6 Å². The van der Waals surface area contributed by atoms with Gasteiger partial charge in [0.25, 0.3) is 0 Å². The molecule has 1 saturated heterocycles. The smallest absolute Gasteiger partial charge is 0.335 e. The summed E-state index contributed by atoms with van der Waals surface area (Å²) in [6.07, 6.45) is 3.04. The maximum absolute atomic E-state index is 11.1. The van der Waals surface area contributed by atoms with Crippen LogP contribution in [0, 0.1) is 6.92 Å². The van der Waals surface area contributed by atoms with Crippen molar-refractivity contribution in [2.75, 3.05) is 6.61 Å². The van der Waals surface area contributed by atoms with Gasteiger partial charge in [0.2, 0.25) is 0 Å². The lowest BCUT2D eigenvalue weighted by Gasteiger charge is -2.26. The first-order valence-corrected chi connectivity index (χ1v) is 5.95.